The van der Waals surface area contributed by atoms with Crippen molar-refractivity contribution in [2.75, 3.05) is 18.0 Å². The lowest BCUT2D eigenvalue weighted by Gasteiger charge is -2.23. The summed E-state index contributed by atoms with van der Waals surface area (Å²) in [6.45, 7) is 3.17. The predicted molar refractivity (Wildman–Crippen MR) is 104 cm³/mol. The number of rotatable bonds is 3. The number of anilines is 1. The third-order valence-corrected chi connectivity index (χ3v) is 5.56. The van der Waals surface area contributed by atoms with Crippen LogP contribution in [0.1, 0.15) is 36.8 Å². The summed E-state index contributed by atoms with van der Waals surface area (Å²) in [6.07, 6.45) is 4.10. The van der Waals surface area contributed by atoms with Crippen molar-refractivity contribution in [3.05, 3.63) is 69.8 Å². The average Bonchev–Trinajstić information content (AvgIpc) is 2.82. The van der Waals surface area contributed by atoms with Crippen LogP contribution in [0.4, 0.5) is 11.4 Å². The Balaban J connectivity index is 1.82. The molecule has 1 atom stereocenters. The standard InChI is InChI=1S/C21H24N3O3/c1-16-7-5-9-18(13-16)22-15-21(25,23-12-4-2-3-11-20(22)23)17-8-6-10-19(14-17)24(26)27/h5-10,13-14,25H,2-4,11-12,15H2,1H3/q+1/t21-/m1/s1. The summed E-state index contributed by atoms with van der Waals surface area (Å²) < 4.78 is 2.06. The topological polar surface area (TPSA) is 69.6 Å². The normalized spacial score (nSPS) is 22.5. The second kappa shape index (κ2) is 6.78. The number of amidine groups is 1. The molecule has 0 saturated heterocycles. The highest BCUT2D eigenvalue weighted by atomic mass is 16.6. The molecule has 2 aliphatic heterocycles. The van der Waals surface area contributed by atoms with Crippen molar-refractivity contribution in [3.8, 4) is 0 Å². The van der Waals surface area contributed by atoms with Crippen molar-refractivity contribution < 1.29 is 14.6 Å². The van der Waals surface area contributed by atoms with Crippen LogP contribution in [0, 0.1) is 17.0 Å². The third kappa shape index (κ3) is 3.10. The highest BCUT2D eigenvalue weighted by Crippen LogP contribution is 2.36. The van der Waals surface area contributed by atoms with Crippen molar-refractivity contribution >= 4 is 17.2 Å². The number of β-amino-alcohol motifs (C(OH)–C–C–N with tert-alkyl or cyclic N) is 1. The molecular weight excluding hydrogens is 342 g/mol. The summed E-state index contributed by atoms with van der Waals surface area (Å²) in [4.78, 5) is 13.0. The molecule has 0 radical (unpaired) electrons. The number of benzene rings is 2. The number of nitrogens with zero attached hydrogens (tertiary/aromatic N) is 3. The van der Waals surface area contributed by atoms with Crippen molar-refractivity contribution in [3.63, 3.8) is 0 Å². The Kier molecular flexibility index (Phi) is 4.44. The van der Waals surface area contributed by atoms with Crippen LogP contribution in [0.5, 0.6) is 0 Å². The number of nitro groups is 1. The highest BCUT2D eigenvalue weighted by molar-refractivity contribution is 5.96. The lowest BCUT2D eigenvalue weighted by atomic mass is 10.0. The van der Waals surface area contributed by atoms with E-state index in [-0.39, 0.29) is 5.69 Å². The van der Waals surface area contributed by atoms with Gasteiger partial charge in [-0.2, -0.15) is 0 Å². The van der Waals surface area contributed by atoms with Crippen molar-refractivity contribution in [2.45, 2.75) is 38.3 Å². The largest absolute Gasteiger partial charge is 0.346 e. The van der Waals surface area contributed by atoms with Gasteiger partial charge in [-0.25, -0.2) is 9.48 Å². The van der Waals surface area contributed by atoms with Crippen LogP contribution in [0.3, 0.4) is 0 Å². The van der Waals surface area contributed by atoms with E-state index in [4.69, 9.17) is 0 Å². The molecule has 0 aliphatic carbocycles. The Labute approximate surface area is 158 Å². The maximum absolute atomic E-state index is 11.7. The van der Waals surface area contributed by atoms with Crippen molar-refractivity contribution in [1.82, 2.24) is 0 Å². The minimum absolute atomic E-state index is 0.00584. The summed E-state index contributed by atoms with van der Waals surface area (Å²) in [5.74, 6) is 1.10. The number of aliphatic hydroxyl groups is 1. The molecule has 6 nitrogen and oxygen atoms in total. The summed E-state index contributed by atoms with van der Waals surface area (Å²) in [6, 6.07) is 14.7. The molecule has 27 heavy (non-hydrogen) atoms. The van der Waals surface area contributed by atoms with E-state index in [9.17, 15) is 15.2 Å². The van der Waals surface area contributed by atoms with E-state index in [2.05, 4.69) is 34.6 Å². The van der Waals surface area contributed by atoms with Gasteiger partial charge in [0.15, 0.2) is 6.54 Å². The lowest BCUT2D eigenvalue weighted by molar-refractivity contribution is -0.658. The first-order chi connectivity index (χ1) is 13.0. The molecule has 6 heteroatoms. The monoisotopic (exact) mass is 366 g/mol. The first-order valence-electron chi connectivity index (χ1n) is 9.44. The van der Waals surface area contributed by atoms with Gasteiger partial charge >= 0.3 is 0 Å². The van der Waals surface area contributed by atoms with Crippen LogP contribution in [-0.2, 0) is 5.72 Å². The molecule has 140 valence electrons. The van der Waals surface area contributed by atoms with Crippen molar-refractivity contribution in [2.24, 2.45) is 0 Å². The Hall–Kier alpha value is -2.73. The molecule has 0 fully saturated rings. The molecule has 2 aromatic rings. The Morgan fingerprint density at radius 2 is 1.96 bits per heavy atom. The molecule has 0 bridgehead atoms. The molecular formula is C21H24N3O3+. The van der Waals surface area contributed by atoms with Gasteiger partial charge in [0.1, 0.15) is 5.69 Å². The molecule has 0 saturated carbocycles. The zero-order valence-corrected chi connectivity index (χ0v) is 15.5. The summed E-state index contributed by atoms with van der Waals surface area (Å²) in [7, 11) is 0. The number of hydrogen-bond donors (Lipinski definition) is 1. The molecule has 4 rings (SSSR count). The first-order valence-corrected chi connectivity index (χ1v) is 9.44. The summed E-state index contributed by atoms with van der Waals surface area (Å²) >= 11 is 0. The second-order valence-electron chi connectivity index (χ2n) is 7.43. The van der Waals surface area contributed by atoms with E-state index in [0.717, 1.165) is 43.8 Å². The van der Waals surface area contributed by atoms with Gasteiger partial charge in [0.25, 0.3) is 17.2 Å². The van der Waals surface area contributed by atoms with Crippen molar-refractivity contribution in [1.29, 1.82) is 0 Å². The van der Waals surface area contributed by atoms with E-state index in [1.165, 1.54) is 17.7 Å². The molecule has 2 heterocycles. The second-order valence-corrected chi connectivity index (χ2v) is 7.43. The van der Waals surface area contributed by atoms with Gasteiger partial charge in [0.2, 0.25) is 0 Å². The number of nitro benzene ring substituents is 1. The Bertz CT molecular complexity index is 924. The zero-order valence-electron chi connectivity index (χ0n) is 15.5. The van der Waals surface area contributed by atoms with E-state index < -0.39 is 10.6 Å². The minimum Gasteiger partial charge on any atom is -0.346 e. The van der Waals surface area contributed by atoms with Gasteiger partial charge in [-0.1, -0.05) is 24.3 Å². The first kappa shape index (κ1) is 17.7. The maximum Gasteiger partial charge on any atom is 0.271 e. The molecule has 0 unspecified atom stereocenters. The lowest BCUT2D eigenvalue weighted by Crippen LogP contribution is -2.41. The van der Waals surface area contributed by atoms with E-state index in [1.54, 1.807) is 12.1 Å². The van der Waals surface area contributed by atoms with Gasteiger partial charge in [0, 0.05) is 24.1 Å². The maximum atomic E-state index is 11.7. The van der Waals surface area contributed by atoms with Crippen LogP contribution < -0.4 is 4.90 Å². The number of hydrogen-bond acceptors (Lipinski definition) is 4. The van der Waals surface area contributed by atoms with Gasteiger partial charge < -0.3 is 5.11 Å². The average molecular weight is 366 g/mol. The van der Waals surface area contributed by atoms with E-state index in [0.29, 0.717) is 12.1 Å². The van der Waals surface area contributed by atoms with Gasteiger partial charge in [0.05, 0.1) is 11.5 Å². The highest BCUT2D eigenvalue weighted by Gasteiger charge is 2.52. The van der Waals surface area contributed by atoms with Crippen LogP contribution >= 0.6 is 0 Å². The molecule has 0 aromatic heterocycles. The van der Waals surface area contributed by atoms with Gasteiger partial charge in [-0.15, -0.1) is 0 Å². The van der Waals surface area contributed by atoms with Gasteiger partial charge in [-0.3, -0.25) is 10.1 Å². The molecule has 2 aliphatic rings. The van der Waals surface area contributed by atoms with Gasteiger partial charge in [-0.05, 0) is 43.9 Å². The predicted octanol–water partition coefficient (Wildman–Crippen LogP) is 3.55. The SMILES string of the molecule is Cc1cccc(N2C[C@@](O)(c3cccc([N+](=O)[O-])c3)[N+]3=C2CCCCC3)c1. The Morgan fingerprint density at radius 1 is 1.15 bits per heavy atom. The van der Waals surface area contributed by atoms with E-state index in [1.807, 2.05) is 6.07 Å². The molecule has 0 amide bonds. The smallest absolute Gasteiger partial charge is 0.271 e. The van der Waals surface area contributed by atoms with Crippen LogP contribution in [-0.4, -0.2) is 33.5 Å². The van der Waals surface area contributed by atoms with E-state index >= 15 is 0 Å². The quantitative estimate of drug-likeness (QED) is 0.512. The fourth-order valence-corrected chi connectivity index (χ4v) is 4.22. The third-order valence-electron chi connectivity index (χ3n) is 5.56. The number of aryl methyl sites for hydroxylation is 1. The number of non-ortho nitro benzene ring substituents is 1. The molecule has 2 aromatic carbocycles. The minimum atomic E-state index is -1.27. The van der Waals surface area contributed by atoms with Crippen LogP contribution in [0.25, 0.3) is 0 Å². The zero-order chi connectivity index (χ0) is 19.0. The van der Waals surface area contributed by atoms with Crippen LogP contribution in [0.2, 0.25) is 0 Å². The fraction of sp³-hybridized carbons (Fsp3) is 0.381. The Morgan fingerprint density at radius 3 is 2.74 bits per heavy atom. The molecule has 0 spiro atoms. The molecule has 1 N–H and O–H groups in total. The summed E-state index contributed by atoms with van der Waals surface area (Å²) in [5.41, 5.74) is 1.53. The fourth-order valence-electron chi connectivity index (χ4n) is 4.22. The van der Waals surface area contributed by atoms with Crippen LogP contribution in [0.15, 0.2) is 48.5 Å². The summed E-state index contributed by atoms with van der Waals surface area (Å²) in [5, 5.41) is 23.0.